The van der Waals surface area contributed by atoms with Crippen molar-refractivity contribution < 1.29 is 14.7 Å². The summed E-state index contributed by atoms with van der Waals surface area (Å²) < 4.78 is 0. The number of carbonyl (C=O) groups excluding carboxylic acids is 1. The zero-order chi connectivity index (χ0) is 13.5. The molecule has 5 nitrogen and oxygen atoms in total. The number of carboxylic acid groups (broad SMARTS) is 1. The number of urea groups is 1. The van der Waals surface area contributed by atoms with Gasteiger partial charge in [-0.05, 0) is 26.7 Å². The van der Waals surface area contributed by atoms with Gasteiger partial charge in [-0.15, -0.1) is 0 Å². The van der Waals surface area contributed by atoms with Crippen LogP contribution in [0.2, 0.25) is 0 Å². The molecule has 0 saturated carbocycles. The molecule has 0 rings (SSSR count). The van der Waals surface area contributed by atoms with Gasteiger partial charge in [0.05, 0.1) is 5.41 Å². The first-order valence-electron chi connectivity index (χ1n) is 6.11. The van der Waals surface area contributed by atoms with Gasteiger partial charge in [0.2, 0.25) is 0 Å². The van der Waals surface area contributed by atoms with Gasteiger partial charge < -0.3 is 15.3 Å². The van der Waals surface area contributed by atoms with Crippen molar-refractivity contribution in [2.75, 3.05) is 19.6 Å². The maximum absolute atomic E-state index is 11.8. The number of amides is 2. The molecular formula is C12H24N2O3. The standard InChI is InChI=1S/C12H24N2O3/c1-5-7-14(8-6-2)11(17)13-9-12(3,4)10(15)16/h5-9H2,1-4H3,(H,13,17)(H,15,16). The summed E-state index contributed by atoms with van der Waals surface area (Å²) in [5, 5.41) is 11.6. The SMILES string of the molecule is CCCN(CCC)C(=O)NCC(C)(C)C(=O)O. The minimum Gasteiger partial charge on any atom is -0.481 e. The van der Waals surface area contributed by atoms with Crippen LogP contribution in [0.4, 0.5) is 4.79 Å². The van der Waals surface area contributed by atoms with Crippen molar-refractivity contribution >= 4 is 12.0 Å². The Kier molecular flexibility index (Phi) is 6.61. The molecule has 0 aromatic carbocycles. The van der Waals surface area contributed by atoms with Crippen LogP contribution >= 0.6 is 0 Å². The second kappa shape index (κ2) is 7.14. The number of nitrogens with zero attached hydrogens (tertiary/aromatic N) is 1. The molecule has 0 radical (unpaired) electrons. The third-order valence-corrected chi connectivity index (χ3v) is 2.53. The maximum atomic E-state index is 11.8. The maximum Gasteiger partial charge on any atom is 0.317 e. The lowest BCUT2D eigenvalue weighted by Crippen LogP contribution is -2.46. The van der Waals surface area contributed by atoms with E-state index >= 15 is 0 Å². The molecule has 100 valence electrons. The van der Waals surface area contributed by atoms with Crippen LogP contribution in [0.5, 0.6) is 0 Å². The molecule has 0 bridgehead atoms. The summed E-state index contributed by atoms with van der Waals surface area (Å²) in [5.74, 6) is -0.907. The molecule has 2 N–H and O–H groups in total. The van der Waals surface area contributed by atoms with Crippen molar-refractivity contribution in [2.45, 2.75) is 40.5 Å². The smallest absolute Gasteiger partial charge is 0.317 e. The largest absolute Gasteiger partial charge is 0.481 e. The molecule has 0 fully saturated rings. The first-order chi connectivity index (χ1) is 7.85. The number of hydrogen-bond acceptors (Lipinski definition) is 2. The Morgan fingerprint density at radius 2 is 1.65 bits per heavy atom. The molecule has 0 aromatic rings. The van der Waals surface area contributed by atoms with E-state index in [2.05, 4.69) is 5.32 Å². The Morgan fingerprint density at radius 3 is 2.00 bits per heavy atom. The van der Waals surface area contributed by atoms with Gasteiger partial charge in [0, 0.05) is 19.6 Å². The van der Waals surface area contributed by atoms with E-state index in [-0.39, 0.29) is 12.6 Å². The van der Waals surface area contributed by atoms with Gasteiger partial charge in [0.15, 0.2) is 0 Å². The average Bonchev–Trinajstić information content (AvgIpc) is 2.25. The van der Waals surface area contributed by atoms with Gasteiger partial charge in [0.1, 0.15) is 0 Å². The summed E-state index contributed by atoms with van der Waals surface area (Å²) in [4.78, 5) is 24.4. The highest BCUT2D eigenvalue weighted by molar-refractivity contribution is 5.77. The Balaban J connectivity index is 4.27. The molecular weight excluding hydrogens is 220 g/mol. The molecule has 0 saturated heterocycles. The minimum absolute atomic E-state index is 0.144. The molecule has 0 unspecified atom stereocenters. The molecule has 0 spiro atoms. The number of carbonyl (C=O) groups is 2. The fraction of sp³-hybridized carbons (Fsp3) is 0.833. The van der Waals surface area contributed by atoms with E-state index in [9.17, 15) is 9.59 Å². The van der Waals surface area contributed by atoms with Crippen molar-refractivity contribution in [3.05, 3.63) is 0 Å². The molecule has 17 heavy (non-hydrogen) atoms. The molecule has 0 aliphatic heterocycles. The summed E-state index contributed by atoms with van der Waals surface area (Å²) in [5.41, 5.74) is -0.931. The number of nitrogens with one attached hydrogen (secondary N) is 1. The van der Waals surface area contributed by atoms with E-state index in [4.69, 9.17) is 5.11 Å². The van der Waals surface area contributed by atoms with Crippen LogP contribution in [-0.4, -0.2) is 41.6 Å². The highest BCUT2D eigenvalue weighted by Crippen LogP contribution is 2.13. The van der Waals surface area contributed by atoms with Crippen molar-refractivity contribution in [1.82, 2.24) is 10.2 Å². The van der Waals surface area contributed by atoms with Gasteiger partial charge in [-0.25, -0.2) is 4.79 Å². The van der Waals surface area contributed by atoms with Gasteiger partial charge in [-0.2, -0.15) is 0 Å². The number of aliphatic carboxylic acids is 1. The highest BCUT2D eigenvalue weighted by atomic mass is 16.4. The normalized spacial score (nSPS) is 11.1. The van der Waals surface area contributed by atoms with Crippen LogP contribution in [0.1, 0.15) is 40.5 Å². The predicted octanol–water partition coefficient (Wildman–Crippen LogP) is 1.93. The topological polar surface area (TPSA) is 69.6 Å². The minimum atomic E-state index is -0.931. The Labute approximate surface area is 103 Å². The van der Waals surface area contributed by atoms with Gasteiger partial charge in [-0.1, -0.05) is 13.8 Å². The van der Waals surface area contributed by atoms with Crippen LogP contribution in [0.3, 0.4) is 0 Å². The first-order valence-corrected chi connectivity index (χ1v) is 6.11. The first kappa shape index (κ1) is 15.7. The van der Waals surface area contributed by atoms with Crippen LogP contribution in [-0.2, 0) is 4.79 Å². The van der Waals surface area contributed by atoms with E-state index in [1.54, 1.807) is 18.7 Å². The monoisotopic (exact) mass is 244 g/mol. The lowest BCUT2D eigenvalue weighted by atomic mass is 9.94. The Bertz CT molecular complexity index is 258. The van der Waals surface area contributed by atoms with E-state index in [1.807, 2.05) is 13.8 Å². The summed E-state index contributed by atoms with van der Waals surface area (Å²) in [6.45, 7) is 8.76. The third-order valence-electron chi connectivity index (χ3n) is 2.53. The van der Waals surface area contributed by atoms with Gasteiger partial charge in [-0.3, -0.25) is 4.79 Å². The predicted molar refractivity (Wildman–Crippen MR) is 67.0 cm³/mol. The van der Waals surface area contributed by atoms with Crippen LogP contribution < -0.4 is 5.32 Å². The lowest BCUT2D eigenvalue weighted by Gasteiger charge is -2.25. The van der Waals surface area contributed by atoms with E-state index < -0.39 is 11.4 Å². The summed E-state index contributed by atoms with van der Waals surface area (Å²) in [6, 6.07) is -0.178. The summed E-state index contributed by atoms with van der Waals surface area (Å²) in [6.07, 6.45) is 1.80. The zero-order valence-corrected chi connectivity index (χ0v) is 11.2. The highest BCUT2D eigenvalue weighted by Gasteiger charge is 2.28. The Hall–Kier alpha value is -1.26. The zero-order valence-electron chi connectivity index (χ0n) is 11.2. The van der Waals surface area contributed by atoms with Gasteiger partial charge in [0.25, 0.3) is 0 Å². The molecule has 0 atom stereocenters. The summed E-state index contributed by atoms with van der Waals surface area (Å²) in [7, 11) is 0. The van der Waals surface area contributed by atoms with Crippen LogP contribution in [0.25, 0.3) is 0 Å². The molecule has 0 aliphatic rings. The number of rotatable bonds is 7. The number of hydrogen-bond donors (Lipinski definition) is 2. The van der Waals surface area contributed by atoms with Crippen molar-refractivity contribution in [3.63, 3.8) is 0 Å². The second-order valence-corrected chi connectivity index (χ2v) is 4.83. The number of carboxylic acids is 1. The molecule has 2 amide bonds. The fourth-order valence-corrected chi connectivity index (χ4v) is 1.34. The summed E-state index contributed by atoms with van der Waals surface area (Å²) >= 11 is 0. The third kappa shape index (κ3) is 5.56. The van der Waals surface area contributed by atoms with Crippen LogP contribution in [0, 0.1) is 5.41 Å². The van der Waals surface area contributed by atoms with E-state index in [0.29, 0.717) is 13.1 Å². The van der Waals surface area contributed by atoms with E-state index in [0.717, 1.165) is 12.8 Å². The van der Waals surface area contributed by atoms with Crippen LogP contribution in [0.15, 0.2) is 0 Å². The molecule has 0 heterocycles. The molecule has 0 aliphatic carbocycles. The lowest BCUT2D eigenvalue weighted by molar-refractivity contribution is -0.146. The Morgan fingerprint density at radius 1 is 1.18 bits per heavy atom. The van der Waals surface area contributed by atoms with E-state index in [1.165, 1.54) is 0 Å². The van der Waals surface area contributed by atoms with Crippen molar-refractivity contribution in [1.29, 1.82) is 0 Å². The molecule has 5 heteroatoms. The second-order valence-electron chi connectivity index (χ2n) is 4.83. The average molecular weight is 244 g/mol. The van der Waals surface area contributed by atoms with Crippen molar-refractivity contribution in [3.8, 4) is 0 Å². The molecule has 0 aromatic heterocycles. The fourth-order valence-electron chi connectivity index (χ4n) is 1.34. The van der Waals surface area contributed by atoms with Crippen molar-refractivity contribution in [2.24, 2.45) is 5.41 Å². The van der Waals surface area contributed by atoms with Gasteiger partial charge >= 0.3 is 12.0 Å². The quantitative estimate of drug-likeness (QED) is 0.719.